The number of nitrogens with one attached hydrogen (secondary N) is 2. The predicted octanol–water partition coefficient (Wildman–Crippen LogP) is 5.28. The third kappa shape index (κ3) is 3.93. The van der Waals surface area contributed by atoms with Crippen LogP contribution >= 0.6 is 23.2 Å². The van der Waals surface area contributed by atoms with Gasteiger partial charge in [0.15, 0.2) is 5.82 Å². The van der Waals surface area contributed by atoms with Crippen LogP contribution in [0.5, 0.6) is 0 Å². The number of halogens is 2. The van der Waals surface area contributed by atoms with Crippen molar-refractivity contribution >= 4 is 46.3 Å². The number of aromatic nitrogens is 3. The van der Waals surface area contributed by atoms with Crippen LogP contribution in [0.15, 0.2) is 42.6 Å². The van der Waals surface area contributed by atoms with Gasteiger partial charge in [0.25, 0.3) is 0 Å². The molecule has 3 rings (SSSR count). The fraction of sp³-hybridized carbons (Fsp3) is 0.118. The molecule has 0 atom stereocenters. The van der Waals surface area contributed by atoms with Crippen LogP contribution in [-0.2, 0) is 0 Å². The molecule has 0 aliphatic rings. The van der Waals surface area contributed by atoms with Gasteiger partial charge in [0.2, 0.25) is 5.95 Å². The van der Waals surface area contributed by atoms with Crippen molar-refractivity contribution < 1.29 is 0 Å². The molecule has 0 aliphatic carbocycles. The number of para-hydroxylation sites is 1. The maximum atomic E-state index is 6.16. The van der Waals surface area contributed by atoms with Crippen LogP contribution in [0.1, 0.15) is 11.1 Å². The third-order valence-electron chi connectivity index (χ3n) is 3.25. The Hall–Kier alpha value is -2.37. The van der Waals surface area contributed by atoms with Crippen molar-refractivity contribution in [1.82, 2.24) is 15.2 Å². The highest BCUT2D eigenvalue weighted by molar-refractivity contribution is 6.39. The Bertz CT molecular complexity index is 842. The second kappa shape index (κ2) is 7.03. The average Bonchev–Trinajstić information content (AvgIpc) is 2.50. The van der Waals surface area contributed by atoms with E-state index < -0.39 is 0 Å². The molecule has 0 amide bonds. The van der Waals surface area contributed by atoms with Gasteiger partial charge in [0, 0.05) is 5.69 Å². The molecule has 0 unspecified atom stereocenters. The van der Waals surface area contributed by atoms with Crippen molar-refractivity contribution in [2.75, 3.05) is 10.6 Å². The lowest BCUT2D eigenvalue weighted by Gasteiger charge is -2.11. The van der Waals surface area contributed by atoms with Crippen LogP contribution in [0, 0.1) is 13.8 Å². The molecular formula is C17H15Cl2N5. The first kappa shape index (κ1) is 16.5. The number of nitrogens with zero attached hydrogens (tertiary/aromatic N) is 3. The van der Waals surface area contributed by atoms with E-state index in [2.05, 4.69) is 31.9 Å². The Morgan fingerprint density at radius 2 is 1.58 bits per heavy atom. The molecule has 0 radical (unpaired) electrons. The van der Waals surface area contributed by atoms with Crippen molar-refractivity contribution in [3.8, 4) is 0 Å². The first-order valence-corrected chi connectivity index (χ1v) is 8.03. The molecule has 2 N–H and O–H groups in total. The molecule has 0 aliphatic heterocycles. The lowest BCUT2D eigenvalue weighted by Crippen LogP contribution is -2.03. The summed E-state index contributed by atoms with van der Waals surface area (Å²) in [7, 11) is 0. The standard InChI is InChI=1S/C17H15Cl2N5/c1-10-6-11(2)8-12(7-10)21-17-23-15(9-20-24-17)22-16-13(18)4-3-5-14(16)19/h3-9H,1-2H3,(H2,21,22,23,24). The normalized spacial score (nSPS) is 10.5. The van der Waals surface area contributed by atoms with E-state index in [1.54, 1.807) is 18.2 Å². The summed E-state index contributed by atoms with van der Waals surface area (Å²) < 4.78 is 0. The van der Waals surface area contributed by atoms with Gasteiger partial charge in [0.05, 0.1) is 21.9 Å². The fourth-order valence-corrected chi connectivity index (χ4v) is 2.83. The summed E-state index contributed by atoms with van der Waals surface area (Å²) >= 11 is 12.3. The SMILES string of the molecule is Cc1cc(C)cc(Nc2nncc(Nc3c(Cl)cccc3Cl)n2)c1. The molecule has 122 valence electrons. The van der Waals surface area contributed by atoms with E-state index in [-0.39, 0.29) is 0 Å². The van der Waals surface area contributed by atoms with Crippen LogP contribution in [0.4, 0.5) is 23.1 Å². The summed E-state index contributed by atoms with van der Waals surface area (Å²) in [6.45, 7) is 4.07. The molecule has 3 aromatic rings. The minimum Gasteiger partial charge on any atom is -0.336 e. The fourth-order valence-electron chi connectivity index (χ4n) is 2.34. The zero-order chi connectivity index (χ0) is 17.1. The Morgan fingerprint density at radius 3 is 2.25 bits per heavy atom. The second-order valence-electron chi connectivity index (χ2n) is 5.39. The molecule has 1 aromatic heterocycles. The maximum absolute atomic E-state index is 6.16. The summed E-state index contributed by atoms with van der Waals surface area (Å²) in [6.07, 6.45) is 1.51. The molecule has 5 nitrogen and oxygen atoms in total. The zero-order valence-corrected chi connectivity index (χ0v) is 14.7. The predicted molar refractivity (Wildman–Crippen MR) is 98.8 cm³/mol. The highest BCUT2D eigenvalue weighted by atomic mass is 35.5. The molecule has 2 aromatic carbocycles. The van der Waals surface area contributed by atoms with Gasteiger partial charge in [-0.2, -0.15) is 10.1 Å². The monoisotopic (exact) mass is 359 g/mol. The second-order valence-corrected chi connectivity index (χ2v) is 6.20. The summed E-state index contributed by atoms with van der Waals surface area (Å²) in [5.41, 5.74) is 3.80. The minimum absolute atomic E-state index is 0.383. The molecule has 0 bridgehead atoms. The zero-order valence-electron chi connectivity index (χ0n) is 13.1. The van der Waals surface area contributed by atoms with Crippen molar-refractivity contribution in [2.45, 2.75) is 13.8 Å². The summed E-state index contributed by atoms with van der Waals surface area (Å²) in [4.78, 5) is 4.39. The van der Waals surface area contributed by atoms with E-state index in [1.165, 1.54) is 6.20 Å². The Labute approximate surface area is 150 Å². The van der Waals surface area contributed by atoms with Gasteiger partial charge in [-0.3, -0.25) is 0 Å². The van der Waals surface area contributed by atoms with Crippen LogP contribution in [0.2, 0.25) is 10.0 Å². The maximum Gasteiger partial charge on any atom is 0.249 e. The number of rotatable bonds is 4. The van der Waals surface area contributed by atoms with E-state index >= 15 is 0 Å². The van der Waals surface area contributed by atoms with Gasteiger partial charge >= 0.3 is 0 Å². The van der Waals surface area contributed by atoms with Crippen molar-refractivity contribution in [2.24, 2.45) is 0 Å². The minimum atomic E-state index is 0.383. The molecule has 1 heterocycles. The average molecular weight is 360 g/mol. The number of benzene rings is 2. The number of anilines is 4. The van der Waals surface area contributed by atoms with Gasteiger partial charge in [-0.1, -0.05) is 35.3 Å². The number of hydrogen-bond acceptors (Lipinski definition) is 5. The summed E-state index contributed by atoms with van der Waals surface area (Å²) in [5, 5.41) is 15.2. The van der Waals surface area contributed by atoms with Gasteiger partial charge < -0.3 is 10.6 Å². The van der Waals surface area contributed by atoms with Crippen LogP contribution in [0.25, 0.3) is 0 Å². The topological polar surface area (TPSA) is 62.7 Å². The van der Waals surface area contributed by atoms with Gasteiger partial charge in [-0.05, 0) is 49.2 Å². The highest BCUT2D eigenvalue weighted by Gasteiger charge is 2.08. The quantitative estimate of drug-likeness (QED) is 0.663. The summed E-state index contributed by atoms with van der Waals surface area (Å²) in [5.74, 6) is 0.875. The van der Waals surface area contributed by atoms with Gasteiger partial charge in [-0.15, -0.1) is 5.10 Å². The number of hydrogen-bond donors (Lipinski definition) is 2. The van der Waals surface area contributed by atoms with E-state index in [4.69, 9.17) is 23.2 Å². The first-order valence-electron chi connectivity index (χ1n) is 7.27. The number of aryl methyl sites for hydroxylation is 2. The van der Waals surface area contributed by atoms with Crippen molar-refractivity contribution in [1.29, 1.82) is 0 Å². The highest BCUT2D eigenvalue weighted by Crippen LogP contribution is 2.32. The van der Waals surface area contributed by atoms with Gasteiger partial charge in [-0.25, -0.2) is 0 Å². The Kier molecular flexibility index (Phi) is 4.83. The van der Waals surface area contributed by atoms with E-state index in [0.717, 1.165) is 16.8 Å². The smallest absolute Gasteiger partial charge is 0.249 e. The van der Waals surface area contributed by atoms with Crippen LogP contribution in [0.3, 0.4) is 0 Å². The van der Waals surface area contributed by atoms with E-state index in [1.807, 2.05) is 26.0 Å². The molecule has 0 saturated carbocycles. The lowest BCUT2D eigenvalue weighted by atomic mass is 10.1. The molecule has 24 heavy (non-hydrogen) atoms. The molecular weight excluding hydrogens is 345 g/mol. The van der Waals surface area contributed by atoms with Crippen molar-refractivity contribution in [3.63, 3.8) is 0 Å². The molecule has 0 fully saturated rings. The van der Waals surface area contributed by atoms with E-state index in [9.17, 15) is 0 Å². The lowest BCUT2D eigenvalue weighted by molar-refractivity contribution is 0.982. The molecule has 7 heteroatoms. The Balaban J connectivity index is 1.84. The third-order valence-corrected chi connectivity index (χ3v) is 3.88. The molecule has 0 spiro atoms. The van der Waals surface area contributed by atoms with Crippen LogP contribution in [-0.4, -0.2) is 15.2 Å². The first-order chi connectivity index (χ1) is 11.5. The van der Waals surface area contributed by atoms with Gasteiger partial charge in [0.1, 0.15) is 0 Å². The van der Waals surface area contributed by atoms with E-state index in [0.29, 0.717) is 27.5 Å². The molecule has 0 saturated heterocycles. The van der Waals surface area contributed by atoms with Crippen LogP contribution < -0.4 is 10.6 Å². The summed E-state index contributed by atoms with van der Waals surface area (Å²) in [6, 6.07) is 11.4. The Morgan fingerprint density at radius 1 is 0.917 bits per heavy atom. The largest absolute Gasteiger partial charge is 0.336 e. The van der Waals surface area contributed by atoms with Crippen molar-refractivity contribution in [3.05, 3.63) is 63.8 Å².